The van der Waals surface area contributed by atoms with Crippen LogP contribution in [0.15, 0.2) is 21.1 Å². The van der Waals surface area contributed by atoms with Gasteiger partial charge >= 0.3 is 6.18 Å². The van der Waals surface area contributed by atoms with Gasteiger partial charge in [-0.25, -0.2) is 0 Å². The lowest BCUT2D eigenvalue weighted by Crippen LogP contribution is -2.42. The van der Waals surface area contributed by atoms with Crippen LogP contribution in [0, 0.1) is 0 Å². The van der Waals surface area contributed by atoms with Crippen molar-refractivity contribution in [1.82, 2.24) is 5.32 Å². The monoisotopic (exact) mass is 432 g/mol. The number of benzene rings is 1. The van der Waals surface area contributed by atoms with E-state index >= 15 is 0 Å². The molecule has 0 saturated carbocycles. The number of hydrogen-bond donors (Lipinski definition) is 2. The van der Waals surface area contributed by atoms with Gasteiger partial charge < -0.3 is 15.4 Å². The summed E-state index contributed by atoms with van der Waals surface area (Å²) in [5.74, 6) is -0.218. The molecule has 0 aliphatic carbocycles. The number of carbonyl (C=O) groups is 1. The third-order valence-electron chi connectivity index (χ3n) is 2.47. The average Bonchev–Trinajstić information content (AvgIpc) is 2.38. The van der Waals surface area contributed by atoms with E-state index < -0.39 is 24.7 Å². The summed E-state index contributed by atoms with van der Waals surface area (Å²) >= 11 is 6.60. The summed E-state index contributed by atoms with van der Waals surface area (Å²) in [6.07, 6.45) is -4.43. The molecule has 21 heavy (non-hydrogen) atoms. The Bertz CT molecular complexity index is 524. The minimum absolute atomic E-state index is 0.531. The summed E-state index contributed by atoms with van der Waals surface area (Å²) in [7, 11) is 1.48. The molecule has 0 aliphatic heterocycles. The fourth-order valence-electron chi connectivity index (χ4n) is 1.44. The Morgan fingerprint density at radius 2 is 1.95 bits per heavy atom. The molecule has 1 amide bonds. The lowest BCUT2D eigenvalue weighted by Gasteiger charge is -2.18. The second-order valence-electron chi connectivity index (χ2n) is 4.17. The Labute approximate surface area is 136 Å². The van der Waals surface area contributed by atoms with Crippen LogP contribution in [0.25, 0.3) is 0 Å². The number of amides is 1. The molecule has 0 bridgehead atoms. The van der Waals surface area contributed by atoms with Gasteiger partial charge in [0.1, 0.15) is 18.3 Å². The molecule has 9 heteroatoms. The van der Waals surface area contributed by atoms with Gasteiger partial charge in [-0.2, -0.15) is 13.2 Å². The summed E-state index contributed by atoms with van der Waals surface area (Å²) < 4.78 is 42.6. The Hall–Kier alpha value is -0.960. The van der Waals surface area contributed by atoms with Crippen molar-refractivity contribution >= 4 is 43.5 Å². The SMILES string of the molecule is COc1cc(NC(C)C(=O)NCC(F)(F)F)c(Br)cc1Br. The fraction of sp³-hybridized carbons (Fsp3) is 0.417. The average molecular weight is 434 g/mol. The van der Waals surface area contributed by atoms with E-state index in [0.717, 1.165) is 0 Å². The van der Waals surface area contributed by atoms with Crippen LogP contribution in [0.4, 0.5) is 18.9 Å². The van der Waals surface area contributed by atoms with Crippen molar-refractivity contribution in [2.45, 2.75) is 19.1 Å². The molecule has 0 aliphatic rings. The van der Waals surface area contributed by atoms with Crippen molar-refractivity contribution in [3.8, 4) is 5.75 Å². The summed E-state index contributed by atoms with van der Waals surface area (Å²) in [5.41, 5.74) is 0.532. The number of ether oxygens (including phenoxy) is 1. The molecule has 4 nitrogen and oxygen atoms in total. The molecule has 0 spiro atoms. The molecular weight excluding hydrogens is 421 g/mol. The smallest absolute Gasteiger partial charge is 0.405 e. The number of alkyl halides is 3. The maximum atomic E-state index is 12.0. The number of halogens is 5. The van der Waals surface area contributed by atoms with E-state index in [1.54, 1.807) is 12.1 Å². The van der Waals surface area contributed by atoms with Gasteiger partial charge in [0, 0.05) is 10.5 Å². The number of anilines is 1. The van der Waals surface area contributed by atoms with E-state index in [4.69, 9.17) is 4.74 Å². The number of methoxy groups -OCH3 is 1. The van der Waals surface area contributed by atoms with Crippen LogP contribution in [0.3, 0.4) is 0 Å². The first-order valence-corrected chi connectivity index (χ1v) is 7.36. The summed E-state index contributed by atoms with van der Waals surface area (Å²) in [5, 5.41) is 4.64. The van der Waals surface area contributed by atoms with E-state index in [1.807, 2.05) is 5.32 Å². The first kappa shape index (κ1) is 18.1. The Balaban J connectivity index is 2.74. The Morgan fingerprint density at radius 1 is 1.33 bits per heavy atom. The highest BCUT2D eigenvalue weighted by Crippen LogP contribution is 2.34. The third-order valence-corrected chi connectivity index (χ3v) is 3.75. The predicted octanol–water partition coefficient (Wildman–Crippen LogP) is 3.70. The topological polar surface area (TPSA) is 50.4 Å². The highest BCUT2D eigenvalue weighted by molar-refractivity contribution is 9.11. The second kappa shape index (κ2) is 7.35. The van der Waals surface area contributed by atoms with Crippen LogP contribution >= 0.6 is 31.9 Å². The number of hydrogen-bond acceptors (Lipinski definition) is 3. The minimum atomic E-state index is -4.43. The quantitative estimate of drug-likeness (QED) is 0.744. The van der Waals surface area contributed by atoms with Crippen LogP contribution in [0.2, 0.25) is 0 Å². The van der Waals surface area contributed by atoms with Crippen LogP contribution in [-0.4, -0.2) is 31.8 Å². The zero-order valence-corrected chi connectivity index (χ0v) is 14.3. The lowest BCUT2D eigenvalue weighted by atomic mass is 10.2. The summed E-state index contributed by atoms with van der Waals surface area (Å²) in [4.78, 5) is 11.6. The van der Waals surface area contributed by atoms with E-state index in [0.29, 0.717) is 20.4 Å². The Morgan fingerprint density at radius 3 is 2.48 bits per heavy atom. The molecule has 118 valence electrons. The molecule has 0 heterocycles. The van der Waals surface area contributed by atoms with Gasteiger partial charge in [0.2, 0.25) is 5.91 Å². The number of carbonyl (C=O) groups excluding carboxylic acids is 1. The first-order valence-electron chi connectivity index (χ1n) is 5.78. The maximum absolute atomic E-state index is 12.0. The second-order valence-corrected chi connectivity index (χ2v) is 5.87. The zero-order valence-electron chi connectivity index (χ0n) is 11.1. The van der Waals surface area contributed by atoms with Gasteiger partial charge in [0.05, 0.1) is 17.3 Å². The normalized spacial score (nSPS) is 12.7. The fourth-order valence-corrected chi connectivity index (χ4v) is 2.71. The van der Waals surface area contributed by atoms with Crippen molar-refractivity contribution in [1.29, 1.82) is 0 Å². The van der Waals surface area contributed by atoms with Crippen LogP contribution in [0.5, 0.6) is 5.75 Å². The van der Waals surface area contributed by atoms with Gasteiger partial charge in [0.25, 0.3) is 0 Å². The predicted molar refractivity (Wildman–Crippen MR) is 80.5 cm³/mol. The molecule has 0 radical (unpaired) electrons. The van der Waals surface area contributed by atoms with Crippen LogP contribution < -0.4 is 15.4 Å². The molecule has 0 saturated heterocycles. The molecule has 1 rings (SSSR count). The summed E-state index contributed by atoms with van der Waals surface area (Å²) in [6, 6.07) is 2.50. The molecule has 1 unspecified atom stereocenters. The van der Waals surface area contributed by atoms with Gasteiger partial charge in [-0.05, 0) is 44.8 Å². The standard InChI is InChI=1S/C12H13Br2F3N2O2/c1-6(11(20)18-5-12(15,16)17)19-9-4-10(21-2)8(14)3-7(9)13/h3-4,6,19H,5H2,1-2H3,(H,18,20). The zero-order chi connectivity index (χ0) is 16.2. The van der Waals surface area contributed by atoms with Crippen molar-refractivity contribution < 1.29 is 22.7 Å². The van der Waals surface area contributed by atoms with E-state index in [2.05, 4.69) is 37.2 Å². The maximum Gasteiger partial charge on any atom is 0.405 e. The van der Waals surface area contributed by atoms with Crippen molar-refractivity contribution in [2.75, 3.05) is 19.0 Å². The molecule has 1 aromatic carbocycles. The van der Waals surface area contributed by atoms with Gasteiger partial charge in [0.15, 0.2) is 0 Å². The molecule has 2 N–H and O–H groups in total. The van der Waals surface area contributed by atoms with Gasteiger partial charge in [-0.15, -0.1) is 0 Å². The third kappa shape index (κ3) is 5.74. The van der Waals surface area contributed by atoms with E-state index in [-0.39, 0.29) is 0 Å². The van der Waals surface area contributed by atoms with Crippen molar-refractivity contribution in [3.63, 3.8) is 0 Å². The molecular formula is C12H13Br2F3N2O2. The number of rotatable bonds is 5. The van der Waals surface area contributed by atoms with E-state index in [9.17, 15) is 18.0 Å². The van der Waals surface area contributed by atoms with Crippen LogP contribution in [0.1, 0.15) is 6.92 Å². The number of nitrogens with one attached hydrogen (secondary N) is 2. The van der Waals surface area contributed by atoms with Crippen LogP contribution in [-0.2, 0) is 4.79 Å². The minimum Gasteiger partial charge on any atom is -0.495 e. The first-order chi connectivity index (χ1) is 9.64. The summed E-state index contributed by atoms with van der Waals surface area (Å²) in [6.45, 7) is 0.106. The lowest BCUT2D eigenvalue weighted by molar-refractivity contribution is -0.138. The highest BCUT2D eigenvalue weighted by atomic mass is 79.9. The van der Waals surface area contributed by atoms with Gasteiger partial charge in [-0.3, -0.25) is 4.79 Å². The van der Waals surface area contributed by atoms with E-state index in [1.165, 1.54) is 14.0 Å². The molecule has 1 aromatic rings. The largest absolute Gasteiger partial charge is 0.495 e. The Kier molecular flexibility index (Phi) is 6.33. The van der Waals surface area contributed by atoms with Gasteiger partial charge in [-0.1, -0.05) is 0 Å². The molecule has 0 fully saturated rings. The highest BCUT2D eigenvalue weighted by Gasteiger charge is 2.28. The van der Waals surface area contributed by atoms with Crippen molar-refractivity contribution in [2.24, 2.45) is 0 Å². The molecule has 1 atom stereocenters. The molecule has 0 aromatic heterocycles. The van der Waals surface area contributed by atoms with Crippen molar-refractivity contribution in [3.05, 3.63) is 21.1 Å².